The molecule has 0 aliphatic rings. The van der Waals surface area contributed by atoms with E-state index in [-0.39, 0.29) is 24.9 Å². The van der Waals surface area contributed by atoms with Crippen molar-refractivity contribution < 1.29 is 9.53 Å². The number of rotatable bonds is 9. The molecule has 0 radical (unpaired) electrons. The molecular formula is C26H31N5O4. The Balaban J connectivity index is 1.81. The van der Waals surface area contributed by atoms with E-state index in [1.54, 1.807) is 18.0 Å². The Labute approximate surface area is 203 Å². The van der Waals surface area contributed by atoms with Gasteiger partial charge in [-0.3, -0.25) is 18.7 Å². The van der Waals surface area contributed by atoms with Crippen molar-refractivity contribution in [1.82, 2.24) is 23.3 Å². The van der Waals surface area contributed by atoms with Crippen LogP contribution in [0.3, 0.4) is 0 Å². The normalized spacial score (nSPS) is 12.4. The highest BCUT2D eigenvalue weighted by atomic mass is 16.5. The second-order valence-corrected chi connectivity index (χ2v) is 8.83. The lowest BCUT2D eigenvalue weighted by Gasteiger charge is -2.17. The minimum absolute atomic E-state index is 0.0441. The van der Waals surface area contributed by atoms with Gasteiger partial charge >= 0.3 is 5.69 Å². The summed E-state index contributed by atoms with van der Waals surface area (Å²) in [7, 11) is 1.64. The highest BCUT2D eigenvalue weighted by Crippen LogP contribution is 2.21. The maximum Gasteiger partial charge on any atom is 0.333 e. The van der Waals surface area contributed by atoms with Crippen LogP contribution in [-0.4, -0.2) is 42.8 Å². The number of Topliss-reactive ketones (excluding diaryl/α,β-unsaturated/α-hetero) is 1. The van der Waals surface area contributed by atoms with Crippen LogP contribution in [0, 0.1) is 13.8 Å². The summed E-state index contributed by atoms with van der Waals surface area (Å²) in [6, 6.07) is 11.4. The van der Waals surface area contributed by atoms with Crippen molar-refractivity contribution >= 4 is 16.9 Å². The number of ether oxygens (including phenoxy) is 1. The third-order valence-electron chi connectivity index (χ3n) is 6.44. The predicted octanol–water partition coefficient (Wildman–Crippen LogP) is 2.94. The summed E-state index contributed by atoms with van der Waals surface area (Å²) in [5, 5.41) is 0. The van der Waals surface area contributed by atoms with Crippen molar-refractivity contribution in [3.05, 3.63) is 86.1 Å². The highest BCUT2D eigenvalue weighted by molar-refractivity contribution is 5.97. The van der Waals surface area contributed by atoms with Gasteiger partial charge in [0.05, 0.1) is 32.1 Å². The van der Waals surface area contributed by atoms with Crippen molar-refractivity contribution in [3.8, 4) is 0 Å². The molecule has 0 amide bonds. The zero-order valence-corrected chi connectivity index (χ0v) is 20.8. The molecule has 0 bridgehead atoms. The second kappa shape index (κ2) is 9.87. The zero-order valence-electron chi connectivity index (χ0n) is 20.8. The first-order valence-electron chi connectivity index (χ1n) is 11.7. The summed E-state index contributed by atoms with van der Waals surface area (Å²) in [6.07, 6.45) is 1.56. The van der Waals surface area contributed by atoms with Crippen LogP contribution in [0.2, 0.25) is 0 Å². The number of hydrogen-bond donors (Lipinski definition) is 0. The summed E-state index contributed by atoms with van der Waals surface area (Å²) in [6.45, 7) is 8.64. The Morgan fingerprint density at radius 3 is 2.49 bits per heavy atom. The van der Waals surface area contributed by atoms with E-state index in [1.807, 2.05) is 68.7 Å². The number of aromatic nitrogens is 5. The van der Waals surface area contributed by atoms with Gasteiger partial charge in [-0.25, -0.2) is 9.78 Å². The molecule has 9 heteroatoms. The van der Waals surface area contributed by atoms with Crippen LogP contribution >= 0.6 is 0 Å². The summed E-state index contributed by atoms with van der Waals surface area (Å²) in [4.78, 5) is 44.7. The minimum atomic E-state index is -0.553. The van der Waals surface area contributed by atoms with Crippen molar-refractivity contribution in [2.24, 2.45) is 0 Å². The van der Waals surface area contributed by atoms with Gasteiger partial charge in [-0.05, 0) is 39.3 Å². The van der Waals surface area contributed by atoms with Gasteiger partial charge in [-0.2, -0.15) is 0 Å². The Morgan fingerprint density at radius 1 is 1.11 bits per heavy atom. The Kier molecular flexibility index (Phi) is 6.88. The van der Waals surface area contributed by atoms with E-state index in [1.165, 1.54) is 4.57 Å². The molecule has 0 aliphatic heterocycles. The minimum Gasteiger partial charge on any atom is -0.383 e. The number of ketones is 1. The number of aryl methyl sites for hydroxylation is 2. The van der Waals surface area contributed by atoms with Crippen LogP contribution in [0.4, 0.5) is 0 Å². The topological polar surface area (TPSA) is 93.1 Å². The molecule has 0 spiro atoms. The fourth-order valence-electron chi connectivity index (χ4n) is 4.81. The zero-order chi connectivity index (χ0) is 25.3. The van der Waals surface area contributed by atoms with E-state index < -0.39 is 11.2 Å². The van der Waals surface area contributed by atoms with Crippen LogP contribution in [0.15, 0.2) is 52.3 Å². The molecule has 1 aromatic carbocycles. The van der Waals surface area contributed by atoms with Gasteiger partial charge in [0.25, 0.3) is 5.56 Å². The fourth-order valence-corrected chi connectivity index (χ4v) is 4.81. The van der Waals surface area contributed by atoms with Crippen LogP contribution in [-0.2, 0) is 24.4 Å². The van der Waals surface area contributed by atoms with E-state index in [0.29, 0.717) is 29.9 Å². The van der Waals surface area contributed by atoms with Crippen LogP contribution in [0.1, 0.15) is 47.2 Å². The monoisotopic (exact) mass is 477 g/mol. The van der Waals surface area contributed by atoms with Gasteiger partial charge < -0.3 is 13.9 Å². The lowest BCUT2D eigenvalue weighted by molar-refractivity contribution is 0.0967. The maximum atomic E-state index is 13.5. The number of methoxy groups -OCH3 is 1. The molecule has 4 rings (SSSR count). The van der Waals surface area contributed by atoms with Gasteiger partial charge in [0.2, 0.25) is 0 Å². The molecule has 0 N–H and O–H groups in total. The van der Waals surface area contributed by atoms with E-state index in [0.717, 1.165) is 21.5 Å². The first-order chi connectivity index (χ1) is 16.8. The lowest BCUT2D eigenvalue weighted by atomic mass is 10.1. The van der Waals surface area contributed by atoms with Crippen LogP contribution in [0.25, 0.3) is 11.2 Å². The summed E-state index contributed by atoms with van der Waals surface area (Å²) in [5.74, 6) is -0.290. The molecule has 9 nitrogen and oxygen atoms in total. The fraction of sp³-hybridized carbons (Fsp3) is 0.385. The predicted molar refractivity (Wildman–Crippen MR) is 134 cm³/mol. The number of fused-ring (bicyclic) bond motifs is 1. The third-order valence-corrected chi connectivity index (χ3v) is 6.44. The SMILES string of the molecule is CCn1cnc2c1c(=O)n(CC(=O)c1cc(C)n([C@@H](C)COC)c1C)c(=O)n2Cc1ccccc1. The summed E-state index contributed by atoms with van der Waals surface area (Å²) < 4.78 is 11.5. The van der Waals surface area contributed by atoms with Gasteiger partial charge in [0, 0.05) is 30.6 Å². The molecule has 184 valence electrons. The molecule has 4 aromatic rings. The van der Waals surface area contributed by atoms with Crippen molar-refractivity contribution in [3.63, 3.8) is 0 Å². The van der Waals surface area contributed by atoms with Crippen molar-refractivity contribution in [1.29, 1.82) is 0 Å². The maximum absolute atomic E-state index is 13.5. The van der Waals surface area contributed by atoms with Gasteiger partial charge in [-0.15, -0.1) is 0 Å². The number of benzene rings is 1. The number of carbonyl (C=O) groups is 1. The molecule has 0 fully saturated rings. The number of carbonyl (C=O) groups excluding carboxylic acids is 1. The molecule has 0 saturated heterocycles. The van der Waals surface area contributed by atoms with E-state index in [4.69, 9.17) is 4.74 Å². The molecule has 0 aliphatic carbocycles. The quantitative estimate of drug-likeness (QED) is 0.346. The number of imidazole rings is 1. The highest BCUT2D eigenvalue weighted by Gasteiger charge is 2.23. The smallest absolute Gasteiger partial charge is 0.333 e. The molecule has 35 heavy (non-hydrogen) atoms. The number of nitrogens with zero attached hydrogens (tertiary/aromatic N) is 5. The first kappa shape index (κ1) is 24.4. The largest absolute Gasteiger partial charge is 0.383 e. The van der Waals surface area contributed by atoms with Crippen LogP contribution < -0.4 is 11.2 Å². The molecule has 1 atom stereocenters. The van der Waals surface area contributed by atoms with Crippen LogP contribution in [0.5, 0.6) is 0 Å². The average molecular weight is 478 g/mol. The second-order valence-electron chi connectivity index (χ2n) is 8.83. The van der Waals surface area contributed by atoms with E-state index in [9.17, 15) is 14.4 Å². The van der Waals surface area contributed by atoms with E-state index in [2.05, 4.69) is 4.98 Å². The summed E-state index contributed by atoms with van der Waals surface area (Å²) in [5.41, 5.74) is 2.67. The van der Waals surface area contributed by atoms with Crippen molar-refractivity contribution in [2.45, 2.75) is 53.4 Å². The Bertz CT molecular complexity index is 1490. The number of hydrogen-bond acceptors (Lipinski definition) is 5. The third kappa shape index (κ3) is 4.39. The molecular weight excluding hydrogens is 446 g/mol. The van der Waals surface area contributed by atoms with Gasteiger partial charge in [-0.1, -0.05) is 30.3 Å². The molecule has 3 aromatic heterocycles. The average Bonchev–Trinajstić information content (AvgIpc) is 3.40. The first-order valence-corrected chi connectivity index (χ1v) is 11.7. The molecule has 0 saturated carbocycles. The summed E-state index contributed by atoms with van der Waals surface area (Å²) >= 11 is 0. The molecule has 0 unspecified atom stereocenters. The van der Waals surface area contributed by atoms with Gasteiger partial charge in [0.1, 0.15) is 0 Å². The Morgan fingerprint density at radius 2 is 1.83 bits per heavy atom. The van der Waals surface area contributed by atoms with Gasteiger partial charge in [0.15, 0.2) is 16.9 Å². The molecule has 3 heterocycles. The standard InChI is InChI=1S/C26H31N5O4/c1-6-28-16-27-24-23(28)25(33)30(26(34)29(24)13-20-10-8-7-9-11-20)14-22(32)21-12-17(2)31(19(21)4)18(3)15-35-5/h7-12,16,18H,6,13-15H2,1-5H3/t18-/m0/s1. The Hall–Kier alpha value is -3.72. The van der Waals surface area contributed by atoms with E-state index >= 15 is 0 Å². The van der Waals surface area contributed by atoms with Crippen molar-refractivity contribution in [2.75, 3.05) is 13.7 Å². The lowest BCUT2D eigenvalue weighted by Crippen LogP contribution is -2.42.